The van der Waals surface area contributed by atoms with Crippen LogP contribution in [0.5, 0.6) is 23.0 Å². The zero-order valence-corrected chi connectivity index (χ0v) is 42.9. The van der Waals surface area contributed by atoms with Crippen LogP contribution in [0.1, 0.15) is 53.5 Å². The van der Waals surface area contributed by atoms with Crippen LogP contribution < -0.4 is 24.3 Å². The highest BCUT2D eigenvalue weighted by Gasteiger charge is 2.38. The number of carbonyl (C=O) groups excluding carboxylic acids is 2. The highest BCUT2D eigenvalue weighted by molar-refractivity contribution is 5.93. The molecule has 0 aliphatic carbocycles. The fourth-order valence-corrected chi connectivity index (χ4v) is 9.70. The van der Waals surface area contributed by atoms with Crippen LogP contribution in [0.15, 0.2) is 194 Å². The third-order valence-electron chi connectivity index (χ3n) is 13.3. The Morgan fingerprint density at radius 2 is 0.974 bits per heavy atom. The SMILES string of the molecule is C=C1COc2cc(cc3ccccc23)OCCOCCOCCOCCOCCOc2cc3ccccc3c(c2OC(=O)CCCCC(=O)Nc2ccc(C(c3ccccc3)(c3ccccc3)c3ccccc3)cc2)C1. The Hall–Kier alpha value is -7.80. The highest BCUT2D eigenvalue weighted by Crippen LogP contribution is 2.45. The topological polar surface area (TPSA) is 120 Å². The number of amides is 1. The van der Waals surface area contributed by atoms with Gasteiger partial charge in [0.2, 0.25) is 5.91 Å². The maximum absolute atomic E-state index is 13.9. The summed E-state index contributed by atoms with van der Waals surface area (Å²) in [4.78, 5) is 27.3. The average molecular weight is 1020 g/mol. The number of hydrogen-bond donors (Lipinski definition) is 1. The lowest BCUT2D eigenvalue weighted by atomic mass is 9.65. The molecule has 0 radical (unpaired) electrons. The first-order valence-electron chi connectivity index (χ1n) is 26.2. The Morgan fingerprint density at radius 1 is 0.487 bits per heavy atom. The zero-order valence-electron chi connectivity index (χ0n) is 42.9. The van der Waals surface area contributed by atoms with Crippen molar-refractivity contribution in [1.29, 1.82) is 0 Å². The molecule has 0 spiro atoms. The van der Waals surface area contributed by atoms with E-state index in [0.29, 0.717) is 101 Å². The summed E-state index contributed by atoms with van der Waals surface area (Å²) in [6.45, 7) is 8.40. The van der Waals surface area contributed by atoms with Gasteiger partial charge in [0.1, 0.15) is 31.3 Å². The number of anilines is 1. The van der Waals surface area contributed by atoms with E-state index in [4.69, 9.17) is 37.9 Å². The van der Waals surface area contributed by atoms with E-state index in [1.165, 1.54) is 0 Å². The number of benzene rings is 8. The molecule has 1 amide bonds. The van der Waals surface area contributed by atoms with Crippen molar-refractivity contribution in [2.45, 2.75) is 37.5 Å². The normalized spacial score (nSPS) is 14.7. The standard InChI is InChI=1S/C65H65NO10/c1-48-43-59-57-25-13-11-18-50(57)45-61(74-42-40-72-38-36-70-34-33-69-35-37-71-39-41-73-56-44-49-17-12-14-26-58(49)60(46-56)75-47-48)64(59)76-63(68)28-16-15-27-62(67)66-55-31-29-54(30-32-55)65(51-19-5-2-6-20-51,52-21-7-3-8-22-52)53-23-9-4-10-24-53/h2-14,17-26,29-32,44-46H,1,15-16,27-28,33-43,47H2,(H,66,67). The summed E-state index contributed by atoms with van der Waals surface area (Å²) in [7, 11) is 0. The maximum atomic E-state index is 13.9. The molecule has 1 N–H and O–H groups in total. The number of ether oxygens (including phenoxy) is 8. The molecular weight excluding hydrogens is 955 g/mol. The molecule has 11 heteroatoms. The highest BCUT2D eigenvalue weighted by atomic mass is 16.6. The molecular formula is C65H65NO10. The van der Waals surface area contributed by atoms with Gasteiger partial charge in [-0.05, 0) is 81.1 Å². The van der Waals surface area contributed by atoms with Gasteiger partial charge in [-0.1, -0.05) is 158 Å². The van der Waals surface area contributed by atoms with Crippen LogP contribution >= 0.6 is 0 Å². The predicted molar refractivity (Wildman–Crippen MR) is 298 cm³/mol. The Bertz CT molecular complexity index is 3050. The van der Waals surface area contributed by atoms with E-state index in [0.717, 1.165) is 54.9 Å². The van der Waals surface area contributed by atoms with Gasteiger partial charge in [-0.15, -0.1) is 0 Å². The molecule has 0 saturated heterocycles. The lowest BCUT2D eigenvalue weighted by Crippen LogP contribution is -2.31. The van der Waals surface area contributed by atoms with Gasteiger partial charge in [0.25, 0.3) is 0 Å². The molecule has 0 unspecified atom stereocenters. The first-order valence-corrected chi connectivity index (χ1v) is 26.2. The molecule has 1 heterocycles. The van der Waals surface area contributed by atoms with Crippen LogP contribution in [0.4, 0.5) is 5.69 Å². The summed E-state index contributed by atoms with van der Waals surface area (Å²) in [5.41, 5.74) is 6.07. The molecule has 4 bridgehead atoms. The lowest BCUT2D eigenvalue weighted by Gasteiger charge is -2.37. The predicted octanol–water partition coefficient (Wildman–Crippen LogP) is 12.5. The second-order valence-corrected chi connectivity index (χ2v) is 18.6. The van der Waals surface area contributed by atoms with Gasteiger partial charge in [0.05, 0.1) is 58.3 Å². The van der Waals surface area contributed by atoms with Crippen molar-refractivity contribution in [3.05, 3.63) is 222 Å². The molecule has 0 fully saturated rings. The molecule has 1 aliphatic heterocycles. The second-order valence-electron chi connectivity index (χ2n) is 18.6. The monoisotopic (exact) mass is 1020 g/mol. The summed E-state index contributed by atoms with van der Waals surface area (Å²) in [5.74, 6) is 1.46. The van der Waals surface area contributed by atoms with Crippen LogP contribution in [0, 0.1) is 0 Å². The number of esters is 1. The minimum atomic E-state index is -0.594. The lowest BCUT2D eigenvalue weighted by molar-refractivity contribution is -0.134. The van der Waals surface area contributed by atoms with E-state index in [9.17, 15) is 9.59 Å². The average Bonchev–Trinajstić information content (AvgIpc) is 3.48. The van der Waals surface area contributed by atoms with Crippen molar-refractivity contribution in [2.24, 2.45) is 0 Å². The Balaban J connectivity index is 0.876. The van der Waals surface area contributed by atoms with Gasteiger partial charge in [0.15, 0.2) is 11.5 Å². The number of rotatable bonds is 11. The van der Waals surface area contributed by atoms with Crippen molar-refractivity contribution in [1.82, 2.24) is 0 Å². The smallest absolute Gasteiger partial charge is 0.311 e. The third-order valence-corrected chi connectivity index (χ3v) is 13.3. The van der Waals surface area contributed by atoms with E-state index in [1.807, 2.05) is 97.1 Å². The van der Waals surface area contributed by atoms with Crippen LogP contribution in [0.25, 0.3) is 21.5 Å². The van der Waals surface area contributed by atoms with Crippen molar-refractivity contribution in [3.63, 3.8) is 0 Å². The summed E-state index contributed by atoms with van der Waals surface area (Å²) >= 11 is 0. The van der Waals surface area contributed by atoms with Gasteiger partial charge in [-0.2, -0.15) is 0 Å². The Morgan fingerprint density at radius 3 is 1.57 bits per heavy atom. The number of carbonyl (C=O) groups is 2. The molecule has 9 rings (SSSR count). The summed E-state index contributed by atoms with van der Waals surface area (Å²) in [6.07, 6.45) is 1.55. The van der Waals surface area contributed by atoms with Crippen molar-refractivity contribution in [3.8, 4) is 23.0 Å². The third kappa shape index (κ3) is 13.7. The van der Waals surface area contributed by atoms with Gasteiger partial charge < -0.3 is 43.2 Å². The van der Waals surface area contributed by atoms with E-state index < -0.39 is 11.4 Å². The maximum Gasteiger partial charge on any atom is 0.311 e. The number of hydrogen-bond acceptors (Lipinski definition) is 10. The van der Waals surface area contributed by atoms with Crippen molar-refractivity contribution >= 4 is 39.1 Å². The molecule has 8 aromatic carbocycles. The van der Waals surface area contributed by atoms with E-state index >= 15 is 0 Å². The van der Waals surface area contributed by atoms with Crippen molar-refractivity contribution < 1.29 is 47.5 Å². The van der Waals surface area contributed by atoms with Gasteiger partial charge in [0, 0.05) is 42.0 Å². The van der Waals surface area contributed by atoms with Crippen LogP contribution in [-0.4, -0.2) is 84.6 Å². The number of nitrogens with one attached hydrogen (secondary N) is 1. The number of unbranched alkanes of at least 4 members (excludes halogenated alkanes) is 1. The van der Waals surface area contributed by atoms with E-state index in [-0.39, 0.29) is 38.6 Å². The van der Waals surface area contributed by atoms with Crippen LogP contribution in [0.2, 0.25) is 0 Å². The molecule has 76 heavy (non-hydrogen) atoms. The number of fused-ring (bicyclic) bond motifs is 8. The first-order chi connectivity index (χ1) is 37.5. The minimum Gasteiger partial charge on any atom is -0.491 e. The molecule has 0 saturated carbocycles. The van der Waals surface area contributed by atoms with Gasteiger partial charge in [-0.25, -0.2) is 0 Å². The summed E-state index contributed by atoms with van der Waals surface area (Å²) < 4.78 is 48.2. The fourth-order valence-electron chi connectivity index (χ4n) is 9.70. The van der Waals surface area contributed by atoms with E-state index in [1.54, 1.807) is 0 Å². The zero-order chi connectivity index (χ0) is 52.2. The van der Waals surface area contributed by atoms with Crippen molar-refractivity contribution in [2.75, 3.05) is 78.0 Å². The summed E-state index contributed by atoms with van der Waals surface area (Å²) in [6, 6.07) is 61.3. The molecule has 0 atom stereocenters. The second kappa shape index (κ2) is 27.1. The largest absolute Gasteiger partial charge is 0.491 e. The quantitative estimate of drug-likeness (QED) is 0.0441. The Kier molecular flexibility index (Phi) is 18.9. The van der Waals surface area contributed by atoms with Crippen LogP contribution in [-0.2, 0) is 40.4 Å². The molecule has 0 aromatic heterocycles. The minimum absolute atomic E-state index is 0.0873. The molecule has 1 aliphatic rings. The molecule has 390 valence electrons. The molecule has 8 aromatic rings. The fraction of sp³-hybridized carbons (Fsp3) is 0.262. The first kappa shape index (κ1) is 53.0. The van der Waals surface area contributed by atoms with Gasteiger partial charge >= 0.3 is 5.97 Å². The van der Waals surface area contributed by atoms with Gasteiger partial charge in [-0.3, -0.25) is 9.59 Å². The van der Waals surface area contributed by atoms with E-state index in [2.05, 4.69) is 96.8 Å². The Labute approximate surface area is 445 Å². The summed E-state index contributed by atoms with van der Waals surface area (Å²) in [5, 5.41) is 6.79. The van der Waals surface area contributed by atoms with Crippen LogP contribution in [0.3, 0.4) is 0 Å². The molecule has 11 nitrogen and oxygen atoms in total.